The first-order valence-corrected chi connectivity index (χ1v) is 13.0. The van der Waals surface area contributed by atoms with E-state index in [-0.39, 0.29) is 36.0 Å². The first-order chi connectivity index (χ1) is 14.1. The molecular weight excluding hydrogens is 490 g/mol. The van der Waals surface area contributed by atoms with Crippen LogP contribution in [0.4, 0.5) is 0 Å². The van der Waals surface area contributed by atoms with Crippen LogP contribution in [0.15, 0.2) is 81.7 Å². The third-order valence-electron chi connectivity index (χ3n) is 4.82. The van der Waals surface area contributed by atoms with Gasteiger partial charge in [0.05, 0.1) is 0 Å². The normalized spacial score (nSPS) is 16.3. The Bertz CT molecular complexity index is 991. The van der Waals surface area contributed by atoms with Gasteiger partial charge in [-0.2, -0.15) is 0 Å². The minimum atomic E-state index is 0.0459. The quantitative estimate of drug-likeness (QED) is 0.468. The summed E-state index contributed by atoms with van der Waals surface area (Å²) in [6.45, 7) is 5.01. The van der Waals surface area contributed by atoms with Crippen molar-refractivity contribution in [2.24, 2.45) is 0 Å². The Hall–Kier alpha value is -1.80. The SMILES string of the molecule is COc1ccc(C2OCC([Se]c3ccc(C)cc3)=C2[Se]c2ccc(C)cc2)cc1. The molecule has 0 bridgehead atoms. The second-order valence-electron chi connectivity index (χ2n) is 7.08. The molecule has 0 spiro atoms. The molecule has 1 atom stereocenters. The van der Waals surface area contributed by atoms with Gasteiger partial charge in [-0.3, -0.25) is 0 Å². The molecule has 0 N–H and O–H groups in total. The number of aryl methyl sites for hydroxylation is 2. The van der Waals surface area contributed by atoms with Crippen LogP contribution in [0.25, 0.3) is 0 Å². The predicted molar refractivity (Wildman–Crippen MR) is 122 cm³/mol. The zero-order valence-electron chi connectivity index (χ0n) is 16.8. The molecule has 3 aromatic rings. The Labute approximate surface area is 185 Å². The molecule has 3 aromatic carbocycles. The van der Waals surface area contributed by atoms with Gasteiger partial charge in [0.2, 0.25) is 0 Å². The standard InChI is InChI=1S/C25H24O2Se2/c1-17-4-12-21(13-5-17)28-23-16-27-24(19-8-10-20(26-3)11-9-19)25(23)29-22-14-6-18(2)7-15-22/h4-15,24H,16H2,1-3H3. The molecule has 0 aromatic heterocycles. The molecule has 1 unspecified atom stereocenters. The molecule has 0 radical (unpaired) electrons. The molecule has 1 aliphatic heterocycles. The van der Waals surface area contributed by atoms with Gasteiger partial charge >= 0.3 is 186 Å². The van der Waals surface area contributed by atoms with Crippen LogP contribution in [0.3, 0.4) is 0 Å². The average Bonchev–Trinajstić information content (AvgIpc) is 3.13. The van der Waals surface area contributed by atoms with Crippen LogP contribution in [-0.2, 0) is 4.74 Å². The van der Waals surface area contributed by atoms with E-state index in [4.69, 9.17) is 9.47 Å². The van der Waals surface area contributed by atoms with Crippen LogP contribution in [-0.4, -0.2) is 43.6 Å². The average molecular weight is 514 g/mol. The molecular formula is C25H24O2Se2. The predicted octanol–water partition coefficient (Wildman–Crippen LogP) is 3.65. The number of benzene rings is 3. The topological polar surface area (TPSA) is 18.5 Å². The fourth-order valence-corrected chi connectivity index (χ4v) is 8.05. The number of rotatable bonds is 6. The first-order valence-electron chi connectivity index (χ1n) is 9.60. The Morgan fingerprint density at radius 1 is 0.759 bits per heavy atom. The van der Waals surface area contributed by atoms with Crippen LogP contribution in [0.5, 0.6) is 5.75 Å². The molecule has 2 nitrogen and oxygen atoms in total. The van der Waals surface area contributed by atoms with Crippen molar-refractivity contribution in [1.29, 1.82) is 0 Å². The van der Waals surface area contributed by atoms with E-state index in [9.17, 15) is 0 Å². The second-order valence-corrected chi connectivity index (χ2v) is 11.9. The molecule has 1 heterocycles. The zero-order chi connectivity index (χ0) is 20.2. The van der Waals surface area contributed by atoms with Crippen molar-refractivity contribution in [3.8, 4) is 5.75 Å². The van der Waals surface area contributed by atoms with E-state index in [2.05, 4.69) is 74.5 Å². The monoisotopic (exact) mass is 516 g/mol. The van der Waals surface area contributed by atoms with Gasteiger partial charge in [-0.25, -0.2) is 0 Å². The van der Waals surface area contributed by atoms with Crippen molar-refractivity contribution in [3.05, 3.63) is 98.4 Å². The second kappa shape index (κ2) is 9.34. The van der Waals surface area contributed by atoms with Gasteiger partial charge in [0, 0.05) is 0 Å². The molecule has 0 fully saturated rings. The summed E-state index contributed by atoms with van der Waals surface area (Å²) in [7, 11) is 1.70. The molecule has 0 aliphatic carbocycles. The zero-order valence-corrected chi connectivity index (χ0v) is 20.3. The molecule has 4 heteroatoms. The van der Waals surface area contributed by atoms with E-state index in [0.717, 1.165) is 12.4 Å². The van der Waals surface area contributed by atoms with Gasteiger partial charge in [0.25, 0.3) is 0 Å². The summed E-state index contributed by atoms with van der Waals surface area (Å²) in [6, 6.07) is 26.2. The number of hydrogen-bond acceptors (Lipinski definition) is 2. The molecule has 4 rings (SSSR count). The first kappa shape index (κ1) is 20.5. The van der Waals surface area contributed by atoms with Crippen molar-refractivity contribution in [2.45, 2.75) is 20.0 Å². The fraction of sp³-hybridized carbons (Fsp3) is 0.200. The number of ether oxygens (including phenoxy) is 2. The van der Waals surface area contributed by atoms with Crippen LogP contribution < -0.4 is 13.7 Å². The van der Waals surface area contributed by atoms with E-state index in [1.54, 1.807) is 7.11 Å². The summed E-state index contributed by atoms with van der Waals surface area (Å²) < 4.78 is 17.5. The number of hydrogen-bond donors (Lipinski definition) is 0. The van der Waals surface area contributed by atoms with E-state index in [1.165, 1.54) is 34.6 Å². The van der Waals surface area contributed by atoms with E-state index in [0.29, 0.717) is 0 Å². The summed E-state index contributed by atoms with van der Waals surface area (Å²) in [5.41, 5.74) is 3.82. The Morgan fingerprint density at radius 2 is 1.31 bits per heavy atom. The van der Waals surface area contributed by atoms with Gasteiger partial charge in [0.15, 0.2) is 0 Å². The van der Waals surface area contributed by atoms with E-state index in [1.807, 2.05) is 12.1 Å². The van der Waals surface area contributed by atoms with Gasteiger partial charge in [-0.05, 0) is 0 Å². The fourth-order valence-electron chi connectivity index (χ4n) is 3.15. The van der Waals surface area contributed by atoms with Crippen LogP contribution >= 0.6 is 0 Å². The Kier molecular flexibility index (Phi) is 6.59. The summed E-state index contributed by atoms with van der Waals surface area (Å²) in [4.78, 5) is 0. The summed E-state index contributed by atoms with van der Waals surface area (Å²) in [5, 5.41) is 0. The third-order valence-corrected chi connectivity index (χ3v) is 10.3. The van der Waals surface area contributed by atoms with Gasteiger partial charge in [-0.15, -0.1) is 0 Å². The summed E-state index contributed by atoms with van der Waals surface area (Å²) >= 11 is 0.535. The molecule has 1 aliphatic rings. The van der Waals surface area contributed by atoms with Crippen LogP contribution in [0.1, 0.15) is 22.8 Å². The Morgan fingerprint density at radius 3 is 1.86 bits per heavy atom. The summed E-state index contributed by atoms with van der Waals surface area (Å²) in [5.74, 6) is 0.880. The molecule has 0 saturated heterocycles. The maximum atomic E-state index is 6.35. The van der Waals surface area contributed by atoms with Crippen molar-refractivity contribution in [2.75, 3.05) is 13.7 Å². The van der Waals surface area contributed by atoms with Crippen molar-refractivity contribution in [1.82, 2.24) is 0 Å². The number of methoxy groups -OCH3 is 1. The van der Waals surface area contributed by atoms with Crippen molar-refractivity contribution >= 4 is 38.8 Å². The Balaban J connectivity index is 1.67. The van der Waals surface area contributed by atoms with Crippen molar-refractivity contribution in [3.63, 3.8) is 0 Å². The molecule has 0 amide bonds. The minimum absolute atomic E-state index is 0.0459. The van der Waals surface area contributed by atoms with Gasteiger partial charge in [-0.1, -0.05) is 0 Å². The molecule has 0 saturated carbocycles. The van der Waals surface area contributed by atoms with E-state index < -0.39 is 0 Å². The molecule has 29 heavy (non-hydrogen) atoms. The maximum absolute atomic E-state index is 6.35. The van der Waals surface area contributed by atoms with Crippen molar-refractivity contribution < 1.29 is 9.47 Å². The van der Waals surface area contributed by atoms with Gasteiger partial charge in [0.1, 0.15) is 0 Å². The van der Waals surface area contributed by atoms with Crippen LogP contribution in [0, 0.1) is 13.8 Å². The van der Waals surface area contributed by atoms with Crippen LogP contribution in [0.2, 0.25) is 0 Å². The molecule has 148 valence electrons. The third kappa shape index (κ3) is 5.04. The van der Waals surface area contributed by atoms with Gasteiger partial charge < -0.3 is 0 Å². The van der Waals surface area contributed by atoms with E-state index >= 15 is 0 Å². The summed E-state index contributed by atoms with van der Waals surface area (Å²) in [6.07, 6.45) is 0.0459.